The Balaban J connectivity index is 2.54. The summed E-state index contributed by atoms with van der Waals surface area (Å²) in [5.74, 6) is 0.197. The van der Waals surface area contributed by atoms with Crippen molar-refractivity contribution in [1.82, 2.24) is 10.6 Å². The predicted octanol–water partition coefficient (Wildman–Crippen LogP) is 3.40. The monoisotopic (exact) mass is 310 g/mol. The summed E-state index contributed by atoms with van der Waals surface area (Å²) < 4.78 is 0. The molecule has 1 aliphatic rings. The molecule has 1 fully saturated rings. The van der Waals surface area contributed by atoms with Crippen LogP contribution in [0.1, 0.15) is 79.6 Å². The van der Waals surface area contributed by atoms with Crippen LogP contribution in [0.4, 0.5) is 0 Å². The van der Waals surface area contributed by atoms with Gasteiger partial charge in [0.2, 0.25) is 11.8 Å². The summed E-state index contributed by atoms with van der Waals surface area (Å²) >= 11 is 0. The fourth-order valence-corrected chi connectivity index (χ4v) is 4.09. The van der Waals surface area contributed by atoms with Gasteiger partial charge in [-0.05, 0) is 36.5 Å². The number of hydrogen-bond acceptors (Lipinski definition) is 2. The second-order valence-corrected chi connectivity index (χ2v) is 8.19. The molecule has 1 saturated carbocycles. The quantitative estimate of drug-likeness (QED) is 0.708. The molecule has 4 nitrogen and oxygen atoms in total. The minimum Gasteiger partial charge on any atom is -0.356 e. The maximum absolute atomic E-state index is 11.9. The van der Waals surface area contributed by atoms with Crippen LogP contribution in [-0.4, -0.2) is 24.4 Å². The van der Waals surface area contributed by atoms with Gasteiger partial charge in [-0.3, -0.25) is 9.59 Å². The van der Waals surface area contributed by atoms with E-state index in [-0.39, 0.29) is 28.7 Å². The summed E-state index contributed by atoms with van der Waals surface area (Å²) in [5.41, 5.74) is 0.238. The first-order valence-electron chi connectivity index (χ1n) is 8.70. The van der Waals surface area contributed by atoms with Crippen molar-refractivity contribution < 1.29 is 9.59 Å². The van der Waals surface area contributed by atoms with Gasteiger partial charge in [0.15, 0.2) is 0 Å². The normalized spacial score (nSPS) is 27.2. The number of carbonyl (C=O) groups excluding carboxylic acids is 2. The molecule has 2 atom stereocenters. The topological polar surface area (TPSA) is 58.2 Å². The molecular weight excluding hydrogens is 276 g/mol. The second kappa shape index (κ2) is 7.98. The molecule has 128 valence electrons. The summed E-state index contributed by atoms with van der Waals surface area (Å²) in [6, 6.07) is 0.211. The third-order valence-electron chi connectivity index (χ3n) is 4.57. The smallest absolute Gasteiger partial charge is 0.220 e. The zero-order chi connectivity index (χ0) is 16.8. The first-order valence-corrected chi connectivity index (χ1v) is 8.70. The molecule has 0 aliphatic heterocycles. The number of amides is 2. The molecule has 2 N–H and O–H groups in total. The van der Waals surface area contributed by atoms with Gasteiger partial charge < -0.3 is 10.6 Å². The van der Waals surface area contributed by atoms with Crippen LogP contribution in [0, 0.1) is 10.8 Å². The summed E-state index contributed by atoms with van der Waals surface area (Å²) in [6.45, 7) is 11.2. The lowest BCUT2D eigenvalue weighted by Gasteiger charge is -2.46. The van der Waals surface area contributed by atoms with E-state index in [1.165, 1.54) is 0 Å². The Kier molecular flexibility index (Phi) is 6.89. The maximum atomic E-state index is 11.9. The van der Waals surface area contributed by atoms with Crippen molar-refractivity contribution in [2.45, 2.75) is 85.6 Å². The molecule has 0 aromatic rings. The van der Waals surface area contributed by atoms with E-state index in [1.807, 2.05) is 0 Å². The van der Waals surface area contributed by atoms with Crippen LogP contribution < -0.4 is 10.6 Å². The molecule has 1 aliphatic carbocycles. The Morgan fingerprint density at radius 3 is 2.41 bits per heavy atom. The van der Waals surface area contributed by atoms with E-state index < -0.39 is 0 Å². The lowest BCUT2D eigenvalue weighted by atomic mass is 9.62. The molecule has 0 aromatic heterocycles. The van der Waals surface area contributed by atoms with Crippen molar-refractivity contribution in [1.29, 1.82) is 0 Å². The van der Waals surface area contributed by atoms with Crippen LogP contribution in [0.3, 0.4) is 0 Å². The first kappa shape index (κ1) is 19.0. The highest BCUT2D eigenvalue weighted by atomic mass is 16.2. The van der Waals surface area contributed by atoms with Gasteiger partial charge in [0, 0.05) is 25.9 Å². The number of nitrogens with one attached hydrogen (secondary N) is 2. The van der Waals surface area contributed by atoms with E-state index in [4.69, 9.17) is 0 Å². The molecule has 0 bridgehead atoms. The van der Waals surface area contributed by atoms with Crippen LogP contribution >= 0.6 is 0 Å². The minimum absolute atomic E-state index is 0.0358. The van der Waals surface area contributed by atoms with Crippen molar-refractivity contribution >= 4 is 11.8 Å². The van der Waals surface area contributed by atoms with Gasteiger partial charge in [-0.1, -0.05) is 40.5 Å². The van der Waals surface area contributed by atoms with E-state index in [1.54, 1.807) is 6.92 Å². The van der Waals surface area contributed by atoms with E-state index in [0.717, 1.165) is 38.5 Å². The van der Waals surface area contributed by atoms with Gasteiger partial charge in [0.05, 0.1) is 0 Å². The predicted molar refractivity (Wildman–Crippen MR) is 90.5 cm³/mol. The minimum atomic E-state index is 0.0358. The molecule has 22 heavy (non-hydrogen) atoms. The highest BCUT2D eigenvalue weighted by Crippen LogP contribution is 2.45. The Morgan fingerprint density at radius 2 is 1.82 bits per heavy atom. The molecule has 2 unspecified atom stereocenters. The van der Waals surface area contributed by atoms with Gasteiger partial charge >= 0.3 is 0 Å². The standard InChI is InChI=1S/C18H34N2O2/c1-6-7-8-9-16(22)19-13-18(5)11-15(20-14(2)21)10-17(3,4)12-18/h15H,6-13H2,1-5H3,(H,19,22)(H,20,21). The average Bonchev–Trinajstić information content (AvgIpc) is 2.33. The van der Waals surface area contributed by atoms with Crippen LogP contribution in [0.15, 0.2) is 0 Å². The zero-order valence-corrected chi connectivity index (χ0v) is 15.1. The van der Waals surface area contributed by atoms with Gasteiger partial charge in [0.1, 0.15) is 0 Å². The SMILES string of the molecule is CCCCCC(=O)NCC1(C)CC(NC(C)=O)CC(C)(C)C1. The molecule has 1 rings (SSSR count). The Labute approximate surface area is 135 Å². The van der Waals surface area contributed by atoms with Crippen molar-refractivity contribution in [3.05, 3.63) is 0 Å². The first-order chi connectivity index (χ1) is 10.2. The number of carbonyl (C=O) groups is 2. The average molecular weight is 310 g/mol. The van der Waals surface area contributed by atoms with Gasteiger partial charge in [-0.25, -0.2) is 0 Å². The zero-order valence-electron chi connectivity index (χ0n) is 15.1. The van der Waals surface area contributed by atoms with Crippen molar-refractivity contribution in [3.8, 4) is 0 Å². The van der Waals surface area contributed by atoms with Crippen LogP contribution in [-0.2, 0) is 9.59 Å². The summed E-state index contributed by atoms with van der Waals surface area (Å²) in [5, 5.41) is 6.18. The molecule has 0 saturated heterocycles. The lowest BCUT2D eigenvalue weighted by Crippen LogP contribution is -2.50. The highest BCUT2D eigenvalue weighted by Gasteiger charge is 2.41. The van der Waals surface area contributed by atoms with Gasteiger partial charge in [0.25, 0.3) is 0 Å². The summed E-state index contributed by atoms with van der Waals surface area (Å²) in [7, 11) is 0. The van der Waals surface area contributed by atoms with Crippen molar-refractivity contribution in [2.75, 3.05) is 6.54 Å². The van der Waals surface area contributed by atoms with E-state index in [2.05, 4.69) is 38.3 Å². The third kappa shape index (κ3) is 6.80. The number of unbranched alkanes of at least 4 members (excludes halogenated alkanes) is 2. The molecule has 0 spiro atoms. The molecule has 4 heteroatoms. The van der Waals surface area contributed by atoms with E-state index in [0.29, 0.717) is 13.0 Å². The van der Waals surface area contributed by atoms with Crippen LogP contribution in [0.25, 0.3) is 0 Å². The third-order valence-corrected chi connectivity index (χ3v) is 4.57. The fraction of sp³-hybridized carbons (Fsp3) is 0.889. The molecule has 0 heterocycles. The van der Waals surface area contributed by atoms with Gasteiger partial charge in [-0.2, -0.15) is 0 Å². The maximum Gasteiger partial charge on any atom is 0.220 e. The highest BCUT2D eigenvalue weighted by molar-refractivity contribution is 5.75. The summed E-state index contributed by atoms with van der Waals surface area (Å²) in [6.07, 6.45) is 6.87. The molecule has 2 amide bonds. The van der Waals surface area contributed by atoms with Crippen molar-refractivity contribution in [3.63, 3.8) is 0 Å². The van der Waals surface area contributed by atoms with Gasteiger partial charge in [-0.15, -0.1) is 0 Å². The summed E-state index contributed by atoms with van der Waals surface area (Å²) in [4.78, 5) is 23.3. The lowest BCUT2D eigenvalue weighted by molar-refractivity contribution is -0.123. The van der Waals surface area contributed by atoms with E-state index >= 15 is 0 Å². The second-order valence-electron chi connectivity index (χ2n) is 8.19. The Bertz CT molecular complexity index is 393. The van der Waals surface area contributed by atoms with Crippen molar-refractivity contribution in [2.24, 2.45) is 10.8 Å². The molecule has 0 radical (unpaired) electrons. The van der Waals surface area contributed by atoms with Crippen LogP contribution in [0.5, 0.6) is 0 Å². The Morgan fingerprint density at radius 1 is 1.14 bits per heavy atom. The fourth-order valence-electron chi connectivity index (χ4n) is 4.09. The number of hydrogen-bond donors (Lipinski definition) is 2. The van der Waals surface area contributed by atoms with E-state index in [9.17, 15) is 9.59 Å². The van der Waals surface area contributed by atoms with Crippen LogP contribution in [0.2, 0.25) is 0 Å². The number of rotatable bonds is 7. The molecule has 0 aromatic carbocycles. The Hall–Kier alpha value is -1.06. The largest absolute Gasteiger partial charge is 0.356 e. The molecular formula is C18H34N2O2.